The van der Waals surface area contributed by atoms with E-state index in [1.807, 2.05) is 0 Å². The first kappa shape index (κ1) is 18.4. The minimum absolute atomic E-state index is 0.113. The van der Waals surface area contributed by atoms with Gasteiger partial charge in [0, 0.05) is 12.0 Å². The van der Waals surface area contributed by atoms with Crippen molar-refractivity contribution >= 4 is 11.9 Å². The van der Waals surface area contributed by atoms with Gasteiger partial charge < -0.3 is 10.4 Å². The standard InChI is InChI=1S/C17H13F4NO3/c18-13-3-1-2-10(8-13)9-14(16(24)25)22-15(23)11-4-6-12(7-5-11)17(19,20)21/h1-8,14H,9H2,(H,22,23)(H,24,25)/t14-/m0/s1. The highest BCUT2D eigenvalue weighted by atomic mass is 19.4. The molecule has 2 N–H and O–H groups in total. The molecule has 2 aromatic carbocycles. The van der Waals surface area contributed by atoms with Gasteiger partial charge in [0.1, 0.15) is 11.9 Å². The molecule has 2 rings (SSSR count). The van der Waals surface area contributed by atoms with Crippen LogP contribution in [0.2, 0.25) is 0 Å². The SMILES string of the molecule is O=C(N[C@@H](Cc1cccc(F)c1)C(=O)O)c1ccc(C(F)(F)F)cc1. The number of nitrogens with one attached hydrogen (secondary N) is 1. The summed E-state index contributed by atoms with van der Waals surface area (Å²) in [4.78, 5) is 23.3. The number of rotatable bonds is 5. The van der Waals surface area contributed by atoms with E-state index in [9.17, 15) is 32.3 Å². The number of carbonyl (C=O) groups excluding carboxylic acids is 1. The topological polar surface area (TPSA) is 66.4 Å². The lowest BCUT2D eigenvalue weighted by molar-refractivity contribution is -0.139. The summed E-state index contributed by atoms with van der Waals surface area (Å²) in [5, 5.41) is 11.4. The fourth-order valence-corrected chi connectivity index (χ4v) is 2.15. The second-order valence-electron chi connectivity index (χ2n) is 5.27. The molecule has 0 aromatic heterocycles. The zero-order chi connectivity index (χ0) is 18.6. The van der Waals surface area contributed by atoms with Gasteiger partial charge in [-0.1, -0.05) is 12.1 Å². The van der Waals surface area contributed by atoms with Gasteiger partial charge in [0.05, 0.1) is 5.56 Å². The molecule has 8 heteroatoms. The molecule has 0 aliphatic rings. The second kappa shape index (κ2) is 7.33. The van der Waals surface area contributed by atoms with Crippen molar-refractivity contribution < 1.29 is 32.3 Å². The van der Waals surface area contributed by atoms with Crippen molar-refractivity contribution in [3.05, 3.63) is 71.0 Å². The summed E-state index contributed by atoms with van der Waals surface area (Å²) in [5.74, 6) is -2.72. The van der Waals surface area contributed by atoms with E-state index < -0.39 is 35.5 Å². The summed E-state index contributed by atoms with van der Waals surface area (Å²) in [6, 6.07) is 7.27. The van der Waals surface area contributed by atoms with Gasteiger partial charge in [-0.05, 0) is 42.0 Å². The fraction of sp³-hybridized carbons (Fsp3) is 0.176. The third-order valence-electron chi connectivity index (χ3n) is 3.41. The molecule has 4 nitrogen and oxygen atoms in total. The Kier molecular flexibility index (Phi) is 5.41. The summed E-state index contributed by atoms with van der Waals surface area (Å²) in [6.07, 6.45) is -4.70. The maximum absolute atomic E-state index is 13.2. The molecule has 0 aliphatic carbocycles. The number of hydrogen-bond donors (Lipinski definition) is 2. The van der Waals surface area contributed by atoms with Gasteiger partial charge in [0.15, 0.2) is 0 Å². The summed E-state index contributed by atoms with van der Waals surface area (Å²) in [7, 11) is 0. The number of benzene rings is 2. The first-order valence-electron chi connectivity index (χ1n) is 7.12. The Hall–Kier alpha value is -2.90. The lowest BCUT2D eigenvalue weighted by atomic mass is 10.0. The average Bonchev–Trinajstić information content (AvgIpc) is 2.53. The third kappa shape index (κ3) is 5.03. The normalized spacial score (nSPS) is 12.5. The average molecular weight is 355 g/mol. The number of carbonyl (C=O) groups is 2. The maximum Gasteiger partial charge on any atom is 0.416 e. The van der Waals surface area contributed by atoms with Crippen molar-refractivity contribution in [2.24, 2.45) is 0 Å². The minimum atomic E-state index is -4.53. The van der Waals surface area contributed by atoms with Crippen LogP contribution in [0.3, 0.4) is 0 Å². The second-order valence-corrected chi connectivity index (χ2v) is 5.27. The molecule has 0 fully saturated rings. The lowest BCUT2D eigenvalue weighted by Gasteiger charge is -2.15. The number of halogens is 4. The van der Waals surface area contributed by atoms with E-state index in [1.165, 1.54) is 18.2 Å². The predicted octanol–water partition coefficient (Wildman–Crippen LogP) is 3.27. The zero-order valence-corrected chi connectivity index (χ0v) is 12.7. The van der Waals surface area contributed by atoms with Crippen molar-refractivity contribution in [2.45, 2.75) is 18.6 Å². The van der Waals surface area contributed by atoms with Gasteiger partial charge in [-0.3, -0.25) is 4.79 Å². The largest absolute Gasteiger partial charge is 0.480 e. The van der Waals surface area contributed by atoms with Crippen LogP contribution in [0.5, 0.6) is 0 Å². The summed E-state index contributed by atoms with van der Waals surface area (Å²) in [5.41, 5.74) is -0.669. The number of hydrogen-bond acceptors (Lipinski definition) is 2. The molecular weight excluding hydrogens is 342 g/mol. The monoisotopic (exact) mass is 355 g/mol. The van der Waals surface area contributed by atoms with E-state index in [1.54, 1.807) is 0 Å². The van der Waals surface area contributed by atoms with Crippen molar-refractivity contribution in [1.82, 2.24) is 5.32 Å². The van der Waals surface area contributed by atoms with Gasteiger partial charge in [-0.2, -0.15) is 13.2 Å². The molecule has 0 saturated carbocycles. The fourth-order valence-electron chi connectivity index (χ4n) is 2.15. The van der Waals surface area contributed by atoms with Crippen molar-refractivity contribution in [1.29, 1.82) is 0 Å². The van der Waals surface area contributed by atoms with E-state index in [-0.39, 0.29) is 12.0 Å². The summed E-state index contributed by atoms with van der Waals surface area (Å²) < 4.78 is 50.7. The highest BCUT2D eigenvalue weighted by Crippen LogP contribution is 2.29. The number of carboxylic acids is 1. The van der Waals surface area contributed by atoms with Crippen LogP contribution < -0.4 is 5.32 Å². The molecule has 0 spiro atoms. The molecule has 1 atom stereocenters. The smallest absolute Gasteiger partial charge is 0.416 e. The minimum Gasteiger partial charge on any atom is -0.480 e. The van der Waals surface area contributed by atoms with E-state index in [0.29, 0.717) is 5.56 Å². The van der Waals surface area contributed by atoms with Crippen molar-refractivity contribution in [2.75, 3.05) is 0 Å². The Labute approximate surface area is 140 Å². The molecular formula is C17H13F4NO3. The highest BCUT2D eigenvalue weighted by molar-refractivity contribution is 5.96. The van der Waals surface area contributed by atoms with E-state index in [0.717, 1.165) is 30.3 Å². The first-order chi connectivity index (χ1) is 11.7. The van der Waals surface area contributed by atoms with Crippen molar-refractivity contribution in [3.63, 3.8) is 0 Å². The van der Waals surface area contributed by atoms with E-state index >= 15 is 0 Å². The number of amides is 1. The van der Waals surface area contributed by atoms with Gasteiger partial charge in [0.25, 0.3) is 5.91 Å². The van der Waals surface area contributed by atoms with Crippen LogP contribution in [0.15, 0.2) is 48.5 Å². The van der Waals surface area contributed by atoms with Gasteiger partial charge in [0.2, 0.25) is 0 Å². The Morgan fingerprint density at radius 3 is 2.24 bits per heavy atom. The molecule has 132 valence electrons. The zero-order valence-electron chi connectivity index (χ0n) is 12.7. The summed E-state index contributed by atoms with van der Waals surface area (Å²) >= 11 is 0. The van der Waals surface area contributed by atoms with Gasteiger partial charge in [-0.25, -0.2) is 9.18 Å². The Balaban J connectivity index is 2.11. The Bertz CT molecular complexity index is 772. The van der Waals surface area contributed by atoms with Crippen molar-refractivity contribution in [3.8, 4) is 0 Å². The van der Waals surface area contributed by atoms with Crippen LogP contribution in [0.25, 0.3) is 0 Å². The summed E-state index contributed by atoms with van der Waals surface area (Å²) in [6.45, 7) is 0. The van der Waals surface area contributed by atoms with Gasteiger partial charge in [-0.15, -0.1) is 0 Å². The lowest BCUT2D eigenvalue weighted by Crippen LogP contribution is -2.42. The molecule has 0 saturated heterocycles. The molecule has 0 bridgehead atoms. The predicted molar refractivity (Wildman–Crippen MR) is 80.4 cm³/mol. The quantitative estimate of drug-likeness (QED) is 0.809. The molecule has 25 heavy (non-hydrogen) atoms. The van der Waals surface area contributed by atoms with Crippen LogP contribution >= 0.6 is 0 Å². The number of carboxylic acid groups (broad SMARTS) is 1. The van der Waals surface area contributed by atoms with Crippen LogP contribution in [-0.4, -0.2) is 23.0 Å². The molecule has 0 unspecified atom stereocenters. The van der Waals surface area contributed by atoms with E-state index in [2.05, 4.69) is 5.32 Å². The Morgan fingerprint density at radius 2 is 1.72 bits per heavy atom. The van der Waals surface area contributed by atoms with Gasteiger partial charge >= 0.3 is 12.1 Å². The third-order valence-corrected chi connectivity index (χ3v) is 3.41. The van der Waals surface area contributed by atoms with Crippen LogP contribution in [0, 0.1) is 5.82 Å². The van der Waals surface area contributed by atoms with E-state index in [4.69, 9.17) is 0 Å². The van der Waals surface area contributed by atoms with Crippen LogP contribution in [0.4, 0.5) is 17.6 Å². The molecule has 0 radical (unpaired) electrons. The molecule has 0 aliphatic heterocycles. The Morgan fingerprint density at radius 1 is 1.08 bits per heavy atom. The highest BCUT2D eigenvalue weighted by Gasteiger charge is 2.30. The number of aliphatic carboxylic acids is 1. The molecule has 2 aromatic rings. The first-order valence-corrected chi connectivity index (χ1v) is 7.12. The van der Waals surface area contributed by atoms with Crippen LogP contribution in [-0.2, 0) is 17.4 Å². The molecule has 0 heterocycles. The number of alkyl halides is 3. The maximum atomic E-state index is 13.2. The van der Waals surface area contributed by atoms with Crippen LogP contribution in [0.1, 0.15) is 21.5 Å². The molecule has 1 amide bonds.